The third-order valence-electron chi connectivity index (χ3n) is 2.37. The average molecular weight is 230 g/mol. The van der Waals surface area contributed by atoms with E-state index in [9.17, 15) is 0 Å². The van der Waals surface area contributed by atoms with E-state index < -0.39 is 0 Å². The lowest BCUT2D eigenvalue weighted by molar-refractivity contribution is 0.0335. The first kappa shape index (κ1) is 15.9. The van der Waals surface area contributed by atoms with Gasteiger partial charge in [0, 0.05) is 32.8 Å². The van der Waals surface area contributed by atoms with Crippen LogP contribution in [0.3, 0.4) is 0 Å². The summed E-state index contributed by atoms with van der Waals surface area (Å²) in [5.74, 6) is 1.39. The SMILES string of the molecule is CCOC(CN)CN(CC(C)C)CC(C)C. The van der Waals surface area contributed by atoms with Crippen molar-refractivity contribution in [3.63, 3.8) is 0 Å². The molecule has 0 saturated heterocycles. The monoisotopic (exact) mass is 230 g/mol. The van der Waals surface area contributed by atoms with E-state index in [1.165, 1.54) is 0 Å². The van der Waals surface area contributed by atoms with Crippen LogP contribution in [0.1, 0.15) is 34.6 Å². The molecule has 0 aliphatic heterocycles. The van der Waals surface area contributed by atoms with Crippen molar-refractivity contribution in [2.45, 2.75) is 40.7 Å². The molecule has 0 spiro atoms. The molecule has 16 heavy (non-hydrogen) atoms. The normalized spacial score (nSPS) is 14.1. The molecule has 0 saturated carbocycles. The second-order valence-electron chi connectivity index (χ2n) is 5.32. The van der Waals surface area contributed by atoms with Crippen LogP contribution in [0.25, 0.3) is 0 Å². The predicted octanol–water partition coefficient (Wildman–Crippen LogP) is 1.96. The third-order valence-corrected chi connectivity index (χ3v) is 2.37. The fourth-order valence-corrected chi connectivity index (χ4v) is 1.98. The van der Waals surface area contributed by atoms with Gasteiger partial charge in [-0.05, 0) is 18.8 Å². The highest BCUT2D eigenvalue weighted by molar-refractivity contribution is 4.69. The summed E-state index contributed by atoms with van der Waals surface area (Å²) < 4.78 is 5.62. The van der Waals surface area contributed by atoms with Gasteiger partial charge >= 0.3 is 0 Å². The molecule has 3 heteroatoms. The van der Waals surface area contributed by atoms with Gasteiger partial charge in [0.15, 0.2) is 0 Å². The van der Waals surface area contributed by atoms with Crippen LogP contribution in [0.5, 0.6) is 0 Å². The Balaban J connectivity index is 4.15. The lowest BCUT2D eigenvalue weighted by atomic mass is 10.1. The molecule has 0 aliphatic rings. The molecular weight excluding hydrogens is 200 g/mol. The van der Waals surface area contributed by atoms with E-state index in [0.29, 0.717) is 18.4 Å². The Kier molecular flexibility index (Phi) is 8.90. The summed E-state index contributed by atoms with van der Waals surface area (Å²) in [6.07, 6.45) is 0.183. The maximum Gasteiger partial charge on any atom is 0.0823 e. The highest BCUT2D eigenvalue weighted by Crippen LogP contribution is 2.06. The molecule has 0 aromatic rings. The lowest BCUT2D eigenvalue weighted by Gasteiger charge is -2.29. The van der Waals surface area contributed by atoms with Crippen molar-refractivity contribution in [3.05, 3.63) is 0 Å². The number of ether oxygens (including phenoxy) is 1. The average Bonchev–Trinajstić information content (AvgIpc) is 2.14. The lowest BCUT2D eigenvalue weighted by Crippen LogP contribution is -2.41. The van der Waals surface area contributed by atoms with Gasteiger partial charge in [-0.2, -0.15) is 0 Å². The fourth-order valence-electron chi connectivity index (χ4n) is 1.98. The van der Waals surface area contributed by atoms with Crippen LogP contribution in [0, 0.1) is 11.8 Å². The van der Waals surface area contributed by atoms with E-state index in [4.69, 9.17) is 10.5 Å². The Morgan fingerprint density at radius 1 is 1.00 bits per heavy atom. The fraction of sp³-hybridized carbons (Fsp3) is 1.00. The van der Waals surface area contributed by atoms with Crippen molar-refractivity contribution >= 4 is 0 Å². The summed E-state index contributed by atoms with van der Waals surface area (Å²) in [5, 5.41) is 0. The summed E-state index contributed by atoms with van der Waals surface area (Å²) in [4.78, 5) is 2.47. The summed E-state index contributed by atoms with van der Waals surface area (Å²) in [5.41, 5.74) is 5.72. The number of nitrogens with zero attached hydrogens (tertiary/aromatic N) is 1. The molecular formula is C13H30N2O. The first-order valence-electron chi connectivity index (χ1n) is 6.53. The molecule has 1 atom stereocenters. The quantitative estimate of drug-likeness (QED) is 0.658. The largest absolute Gasteiger partial charge is 0.376 e. The number of nitrogens with two attached hydrogens (primary N) is 1. The van der Waals surface area contributed by atoms with Crippen molar-refractivity contribution in [1.82, 2.24) is 4.90 Å². The molecule has 1 unspecified atom stereocenters. The van der Waals surface area contributed by atoms with Crippen molar-refractivity contribution in [1.29, 1.82) is 0 Å². The molecule has 0 aromatic carbocycles. The van der Waals surface area contributed by atoms with Gasteiger partial charge in [0.2, 0.25) is 0 Å². The maximum atomic E-state index is 5.72. The van der Waals surface area contributed by atoms with E-state index in [1.54, 1.807) is 0 Å². The van der Waals surface area contributed by atoms with Crippen molar-refractivity contribution in [3.8, 4) is 0 Å². The standard InChI is InChI=1S/C13H30N2O/c1-6-16-13(7-14)10-15(8-11(2)3)9-12(4)5/h11-13H,6-10,14H2,1-5H3. The molecule has 98 valence electrons. The van der Waals surface area contributed by atoms with E-state index in [0.717, 1.165) is 26.2 Å². The third kappa shape index (κ3) is 8.08. The van der Waals surface area contributed by atoms with Gasteiger partial charge in [-0.1, -0.05) is 27.7 Å². The Bertz CT molecular complexity index is 150. The summed E-state index contributed by atoms with van der Waals surface area (Å²) >= 11 is 0. The van der Waals surface area contributed by atoms with Crippen molar-refractivity contribution in [2.75, 3.05) is 32.8 Å². The Labute approximate surface area is 101 Å². The molecule has 0 radical (unpaired) electrons. The maximum absolute atomic E-state index is 5.72. The van der Waals surface area contributed by atoms with Crippen LogP contribution in [-0.4, -0.2) is 43.8 Å². The van der Waals surface area contributed by atoms with E-state index in [2.05, 4.69) is 32.6 Å². The summed E-state index contributed by atoms with van der Waals surface area (Å²) in [6, 6.07) is 0. The molecule has 0 fully saturated rings. The smallest absolute Gasteiger partial charge is 0.0823 e. The minimum atomic E-state index is 0.183. The van der Waals surface area contributed by atoms with Crippen molar-refractivity contribution < 1.29 is 4.74 Å². The van der Waals surface area contributed by atoms with Crippen LogP contribution in [0.15, 0.2) is 0 Å². The summed E-state index contributed by atoms with van der Waals surface area (Å²) in [7, 11) is 0. The van der Waals surface area contributed by atoms with Gasteiger partial charge in [-0.25, -0.2) is 0 Å². The molecule has 0 bridgehead atoms. The van der Waals surface area contributed by atoms with Crippen LogP contribution < -0.4 is 5.73 Å². The van der Waals surface area contributed by atoms with E-state index >= 15 is 0 Å². The zero-order valence-electron chi connectivity index (χ0n) is 11.7. The van der Waals surface area contributed by atoms with Crippen LogP contribution >= 0.6 is 0 Å². The first-order valence-corrected chi connectivity index (χ1v) is 6.53. The highest BCUT2D eigenvalue weighted by atomic mass is 16.5. The van der Waals surface area contributed by atoms with E-state index in [1.807, 2.05) is 6.92 Å². The number of hydrogen-bond donors (Lipinski definition) is 1. The van der Waals surface area contributed by atoms with Crippen LogP contribution in [-0.2, 0) is 4.74 Å². The zero-order valence-corrected chi connectivity index (χ0v) is 11.7. The van der Waals surface area contributed by atoms with Gasteiger partial charge < -0.3 is 15.4 Å². The molecule has 0 rings (SSSR count). The van der Waals surface area contributed by atoms with Crippen LogP contribution in [0.2, 0.25) is 0 Å². The van der Waals surface area contributed by atoms with Gasteiger partial charge in [-0.15, -0.1) is 0 Å². The zero-order chi connectivity index (χ0) is 12.6. The van der Waals surface area contributed by atoms with Gasteiger partial charge in [0.05, 0.1) is 6.10 Å². The molecule has 0 heterocycles. The summed E-state index contributed by atoms with van der Waals surface area (Å²) in [6.45, 7) is 15.6. The second kappa shape index (κ2) is 8.97. The minimum absolute atomic E-state index is 0.183. The van der Waals surface area contributed by atoms with Gasteiger partial charge in [-0.3, -0.25) is 0 Å². The predicted molar refractivity (Wildman–Crippen MR) is 70.6 cm³/mol. The number of rotatable bonds is 9. The Hall–Kier alpha value is -0.120. The topological polar surface area (TPSA) is 38.5 Å². The van der Waals surface area contributed by atoms with Gasteiger partial charge in [0.25, 0.3) is 0 Å². The Morgan fingerprint density at radius 2 is 1.50 bits per heavy atom. The van der Waals surface area contributed by atoms with Crippen LogP contribution in [0.4, 0.5) is 0 Å². The molecule has 2 N–H and O–H groups in total. The first-order chi connectivity index (χ1) is 7.49. The second-order valence-corrected chi connectivity index (χ2v) is 5.32. The van der Waals surface area contributed by atoms with E-state index in [-0.39, 0.29) is 6.10 Å². The molecule has 0 amide bonds. The van der Waals surface area contributed by atoms with Crippen molar-refractivity contribution in [2.24, 2.45) is 17.6 Å². The Morgan fingerprint density at radius 3 is 1.81 bits per heavy atom. The number of hydrogen-bond acceptors (Lipinski definition) is 3. The van der Waals surface area contributed by atoms with Gasteiger partial charge in [0.1, 0.15) is 0 Å². The molecule has 3 nitrogen and oxygen atoms in total. The minimum Gasteiger partial charge on any atom is -0.376 e. The molecule has 0 aromatic heterocycles. The molecule has 0 aliphatic carbocycles. The highest BCUT2D eigenvalue weighted by Gasteiger charge is 2.15.